The molecule has 4 heteroatoms. The van der Waals surface area contributed by atoms with Crippen molar-refractivity contribution in [3.05, 3.63) is 10.4 Å². The molecule has 0 atom stereocenters. The number of rotatable bonds is 3. The van der Waals surface area contributed by atoms with Crippen LogP contribution in [-0.4, -0.2) is 12.8 Å². The van der Waals surface area contributed by atoms with E-state index >= 15 is 0 Å². The van der Waals surface area contributed by atoms with Crippen LogP contribution in [0.5, 0.6) is 0 Å². The van der Waals surface area contributed by atoms with Crippen molar-refractivity contribution >= 4 is 6.29 Å². The van der Waals surface area contributed by atoms with Crippen molar-refractivity contribution in [3.8, 4) is 0 Å². The first-order valence-electron chi connectivity index (χ1n) is 1.86. The average Bonchev–Trinajstić information content (AvgIpc) is 1.69. The number of azide groups is 1. The van der Waals surface area contributed by atoms with Crippen LogP contribution in [0, 0.1) is 0 Å². The third-order valence-corrected chi connectivity index (χ3v) is 0.410. The predicted molar refractivity (Wildman–Crippen MR) is 24.7 cm³/mol. The van der Waals surface area contributed by atoms with E-state index in [9.17, 15) is 4.79 Å². The van der Waals surface area contributed by atoms with Gasteiger partial charge >= 0.3 is 0 Å². The van der Waals surface area contributed by atoms with Crippen LogP contribution in [0.3, 0.4) is 0 Å². The fourth-order valence-corrected chi connectivity index (χ4v) is 0.155. The molecule has 0 radical (unpaired) electrons. The van der Waals surface area contributed by atoms with Crippen LogP contribution in [0.15, 0.2) is 5.11 Å². The van der Waals surface area contributed by atoms with Gasteiger partial charge in [-0.1, -0.05) is 5.11 Å². The quantitative estimate of drug-likeness (QED) is 0.170. The maximum atomic E-state index is 9.50. The average molecular weight is 99.1 g/mol. The molecule has 0 unspecified atom stereocenters. The van der Waals surface area contributed by atoms with Crippen molar-refractivity contribution in [2.45, 2.75) is 6.42 Å². The van der Waals surface area contributed by atoms with Crippen LogP contribution >= 0.6 is 0 Å². The van der Waals surface area contributed by atoms with Crippen LogP contribution in [0.4, 0.5) is 0 Å². The summed E-state index contributed by atoms with van der Waals surface area (Å²) in [6, 6.07) is 0. The molecule has 0 heterocycles. The molecule has 0 spiro atoms. The normalized spacial score (nSPS) is 6.86. The molecule has 7 heavy (non-hydrogen) atoms. The van der Waals surface area contributed by atoms with Crippen LogP contribution in [0.2, 0.25) is 0 Å². The molecule has 0 saturated carbocycles. The smallest absolute Gasteiger partial charge is 0.120 e. The van der Waals surface area contributed by atoms with Gasteiger partial charge in [0.15, 0.2) is 0 Å². The van der Waals surface area contributed by atoms with Gasteiger partial charge in [-0.2, -0.15) is 0 Å². The minimum absolute atomic E-state index is 0.278. The lowest BCUT2D eigenvalue weighted by atomic mass is 10.5. The van der Waals surface area contributed by atoms with Gasteiger partial charge in [0, 0.05) is 17.9 Å². The van der Waals surface area contributed by atoms with Crippen molar-refractivity contribution in [2.75, 3.05) is 6.54 Å². The molecular formula is C3H5N3O. The van der Waals surface area contributed by atoms with E-state index < -0.39 is 0 Å². The monoisotopic (exact) mass is 99.0 g/mol. The van der Waals surface area contributed by atoms with Crippen LogP contribution in [0.1, 0.15) is 6.42 Å². The molecule has 0 amide bonds. The Morgan fingerprint density at radius 2 is 2.57 bits per heavy atom. The lowest BCUT2D eigenvalue weighted by Crippen LogP contribution is -1.76. The molecule has 0 aliphatic rings. The summed E-state index contributed by atoms with van der Waals surface area (Å²) in [6.07, 6.45) is 1.04. The Balaban J connectivity index is 2.97. The highest BCUT2D eigenvalue weighted by Crippen LogP contribution is 1.73. The van der Waals surface area contributed by atoms with Gasteiger partial charge < -0.3 is 4.79 Å². The highest BCUT2D eigenvalue weighted by Gasteiger charge is 1.73. The molecule has 0 saturated heterocycles. The summed E-state index contributed by atoms with van der Waals surface area (Å²) >= 11 is 0. The summed E-state index contributed by atoms with van der Waals surface area (Å²) in [4.78, 5) is 11.9. The number of nitrogens with zero attached hydrogens (tertiary/aromatic N) is 3. The van der Waals surface area contributed by atoms with Crippen LogP contribution in [-0.2, 0) is 4.79 Å². The van der Waals surface area contributed by atoms with Gasteiger partial charge in [-0.15, -0.1) is 0 Å². The lowest BCUT2D eigenvalue weighted by Gasteiger charge is -1.71. The van der Waals surface area contributed by atoms with E-state index in [4.69, 9.17) is 5.53 Å². The fourth-order valence-electron chi connectivity index (χ4n) is 0.155. The van der Waals surface area contributed by atoms with Crippen LogP contribution in [0.25, 0.3) is 10.4 Å². The molecule has 0 aromatic heterocycles. The van der Waals surface area contributed by atoms with Gasteiger partial charge in [0.2, 0.25) is 0 Å². The molecule has 0 fully saturated rings. The molecule has 0 N–H and O–H groups in total. The first-order valence-corrected chi connectivity index (χ1v) is 1.86. The molecule has 4 nitrogen and oxygen atoms in total. The Kier molecular flexibility index (Phi) is 4.25. The first kappa shape index (κ1) is 5.98. The number of hydrogen-bond acceptors (Lipinski definition) is 2. The number of carbonyl (C=O) groups is 1. The second-order valence-corrected chi connectivity index (χ2v) is 0.910. The van der Waals surface area contributed by atoms with E-state index in [2.05, 4.69) is 10.0 Å². The Labute approximate surface area is 40.8 Å². The Morgan fingerprint density at radius 3 is 3.00 bits per heavy atom. The van der Waals surface area contributed by atoms with Gasteiger partial charge in [-0.25, -0.2) is 0 Å². The predicted octanol–water partition coefficient (Wildman–Crippen LogP) is 0.886. The second kappa shape index (κ2) is 4.98. The van der Waals surface area contributed by atoms with Gasteiger partial charge in [0.1, 0.15) is 6.29 Å². The highest BCUT2D eigenvalue weighted by atomic mass is 16.1. The summed E-state index contributed by atoms with van der Waals surface area (Å²) in [7, 11) is 0. The molecule has 0 aliphatic carbocycles. The number of carbonyl (C=O) groups excluding carboxylic acids is 1. The molecular weight excluding hydrogens is 94.1 g/mol. The summed E-state index contributed by atoms with van der Waals surface area (Å²) in [5, 5.41) is 3.11. The SMILES string of the molecule is [N-]=[N+]=NCCC=O. The summed E-state index contributed by atoms with van der Waals surface area (Å²) in [5.41, 5.74) is 7.64. The molecule has 0 aliphatic heterocycles. The van der Waals surface area contributed by atoms with E-state index in [1.54, 1.807) is 0 Å². The van der Waals surface area contributed by atoms with E-state index in [1.807, 2.05) is 0 Å². The lowest BCUT2D eigenvalue weighted by molar-refractivity contribution is -0.107. The maximum absolute atomic E-state index is 9.50. The first-order chi connectivity index (χ1) is 3.41. The van der Waals surface area contributed by atoms with E-state index in [-0.39, 0.29) is 6.54 Å². The van der Waals surface area contributed by atoms with Crippen molar-refractivity contribution in [3.63, 3.8) is 0 Å². The topological polar surface area (TPSA) is 65.8 Å². The largest absolute Gasteiger partial charge is 0.303 e. The van der Waals surface area contributed by atoms with E-state index in [1.165, 1.54) is 0 Å². The third-order valence-electron chi connectivity index (χ3n) is 0.410. The van der Waals surface area contributed by atoms with E-state index in [0.717, 1.165) is 0 Å². The van der Waals surface area contributed by atoms with Crippen molar-refractivity contribution in [1.82, 2.24) is 0 Å². The minimum atomic E-state index is 0.278. The van der Waals surface area contributed by atoms with Crippen molar-refractivity contribution < 1.29 is 4.79 Å². The molecule has 0 aromatic rings. The van der Waals surface area contributed by atoms with Gasteiger partial charge in [0.25, 0.3) is 0 Å². The second-order valence-electron chi connectivity index (χ2n) is 0.910. The Bertz CT molecular complexity index is 94.4. The van der Waals surface area contributed by atoms with Gasteiger partial charge in [0.05, 0.1) is 0 Å². The summed E-state index contributed by atoms with van der Waals surface area (Å²) in [5.74, 6) is 0. The van der Waals surface area contributed by atoms with E-state index in [0.29, 0.717) is 12.7 Å². The van der Waals surface area contributed by atoms with Crippen LogP contribution < -0.4 is 0 Å². The minimum Gasteiger partial charge on any atom is -0.303 e. The van der Waals surface area contributed by atoms with Gasteiger partial charge in [-0.3, -0.25) is 0 Å². The fraction of sp³-hybridized carbons (Fsp3) is 0.667. The third kappa shape index (κ3) is 4.98. The zero-order valence-electron chi connectivity index (χ0n) is 3.74. The Morgan fingerprint density at radius 1 is 1.86 bits per heavy atom. The number of hydrogen-bond donors (Lipinski definition) is 0. The van der Waals surface area contributed by atoms with Gasteiger partial charge in [-0.05, 0) is 5.53 Å². The molecule has 38 valence electrons. The zero-order valence-corrected chi connectivity index (χ0v) is 3.74. The zero-order chi connectivity index (χ0) is 5.54. The molecule has 0 bridgehead atoms. The standard InChI is InChI=1S/C3H5N3O/c4-6-5-2-1-3-7/h3H,1-2H2. The highest BCUT2D eigenvalue weighted by molar-refractivity contribution is 5.49. The Hall–Kier alpha value is -1.02. The van der Waals surface area contributed by atoms with Crippen molar-refractivity contribution in [2.24, 2.45) is 5.11 Å². The number of aldehydes is 1. The molecule has 0 aromatic carbocycles. The van der Waals surface area contributed by atoms with Crippen molar-refractivity contribution in [1.29, 1.82) is 0 Å². The maximum Gasteiger partial charge on any atom is 0.120 e. The summed E-state index contributed by atoms with van der Waals surface area (Å²) in [6.45, 7) is 0.278. The summed E-state index contributed by atoms with van der Waals surface area (Å²) < 4.78 is 0. The molecule has 0 rings (SSSR count).